The summed E-state index contributed by atoms with van der Waals surface area (Å²) in [5, 5.41) is 6.62. The number of thioether (sulfide) groups is 1. The minimum atomic E-state index is -4.59. The summed E-state index contributed by atoms with van der Waals surface area (Å²) in [6.07, 6.45) is -2.61. The lowest BCUT2D eigenvalue weighted by atomic mass is 10.2. The fraction of sp³-hybridized carbons (Fsp3) is 0.583. The van der Waals surface area contributed by atoms with Crippen LogP contribution in [0.25, 0.3) is 5.78 Å². The van der Waals surface area contributed by atoms with Crippen molar-refractivity contribution >= 4 is 23.4 Å². The van der Waals surface area contributed by atoms with Crippen molar-refractivity contribution in [2.75, 3.05) is 18.1 Å². The molecule has 21 heavy (non-hydrogen) atoms. The van der Waals surface area contributed by atoms with Crippen LogP contribution < -0.4 is 5.32 Å². The number of nitrogens with one attached hydrogen (secondary N) is 1. The molecular weight excluding hydrogens is 303 g/mol. The first kappa shape index (κ1) is 15.9. The molecule has 9 heteroatoms. The van der Waals surface area contributed by atoms with Crippen molar-refractivity contribution in [3.63, 3.8) is 0 Å². The third-order valence-corrected chi connectivity index (χ3v) is 4.19. The summed E-state index contributed by atoms with van der Waals surface area (Å²) >= 11 is 1.66. The molecule has 0 saturated carbocycles. The van der Waals surface area contributed by atoms with Crippen molar-refractivity contribution in [1.82, 2.24) is 19.6 Å². The Morgan fingerprint density at radius 1 is 1.29 bits per heavy atom. The van der Waals surface area contributed by atoms with Gasteiger partial charge in [0, 0.05) is 23.1 Å². The van der Waals surface area contributed by atoms with Gasteiger partial charge >= 0.3 is 6.18 Å². The van der Waals surface area contributed by atoms with Crippen LogP contribution in [0.1, 0.15) is 25.4 Å². The summed E-state index contributed by atoms with van der Waals surface area (Å²) in [6, 6.07) is 1.65. The van der Waals surface area contributed by atoms with Crippen LogP contribution in [0.4, 0.5) is 19.0 Å². The minimum Gasteiger partial charge on any atom is -0.368 e. The third kappa shape index (κ3) is 3.58. The number of anilines is 1. The molecule has 0 unspecified atom stereocenters. The quantitative estimate of drug-likeness (QED) is 0.939. The monoisotopic (exact) mass is 319 g/mol. The van der Waals surface area contributed by atoms with Crippen LogP contribution in [0.2, 0.25) is 0 Å². The minimum absolute atomic E-state index is 0.0586. The van der Waals surface area contributed by atoms with Crippen molar-refractivity contribution in [3.05, 3.63) is 17.6 Å². The van der Waals surface area contributed by atoms with E-state index < -0.39 is 12.0 Å². The molecule has 1 N–H and O–H groups in total. The molecule has 0 amide bonds. The molecule has 0 bridgehead atoms. The number of nitrogens with zero attached hydrogens (tertiary/aromatic N) is 4. The van der Waals surface area contributed by atoms with Gasteiger partial charge in [-0.3, -0.25) is 0 Å². The van der Waals surface area contributed by atoms with Gasteiger partial charge in [0.2, 0.25) is 0 Å². The first-order chi connectivity index (χ1) is 9.62. The van der Waals surface area contributed by atoms with E-state index in [-0.39, 0.29) is 10.5 Å². The summed E-state index contributed by atoms with van der Waals surface area (Å²) in [7, 11) is 0. The SMILES string of the molecule is CSC(C)(C)CNc1cc(C)nc2nc(C(F)(F)F)nn12. The second kappa shape index (κ2) is 5.36. The number of rotatable bonds is 4. The van der Waals surface area contributed by atoms with Crippen LogP contribution >= 0.6 is 11.8 Å². The molecule has 0 aliphatic rings. The normalized spacial score (nSPS) is 12.9. The molecule has 0 saturated heterocycles. The molecule has 5 nitrogen and oxygen atoms in total. The first-order valence-corrected chi connectivity index (χ1v) is 7.45. The average Bonchev–Trinajstić information content (AvgIpc) is 2.79. The van der Waals surface area contributed by atoms with E-state index in [2.05, 4.69) is 20.4 Å². The Balaban J connectivity index is 2.41. The fourth-order valence-corrected chi connectivity index (χ4v) is 1.82. The lowest BCUT2D eigenvalue weighted by molar-refractivity contribution is -0.144. The molecule has 0 aliphatic heterocycles. The van der Waals surface area contributed by atoms with Gasteiger partial charge in [0.1, 0.15) is 5.82 Å². The number of fused-ring (bicyclic) bond motifs is 1. The Labute approximate surface area is 124 Å². The first-order valence-electron chi connectivity index (χ1n) is 6.23. The van der Waals surface area contributed by atoms with Gasteiger partial charge in [0.15, 0.2) is 0 Å². The van der Waals surface area contributed by atoms with Gasteiger partial charge in [-0.25, -0.2) is 4.98 Å². The second-order valence-corrected chi connectivity index (χ2v) is 6.76. The molecule has 0 atom stereocenters. The highest BCUT2D eigenvalue weighted by molar-refractivity contribution is 7.99. The number of halogens is 3. The van der Waals surface area contributed by atoms with E-state index in [1.54, 1.807) is 24.8 Å². The average molecular weight is 319 g/mol. The molecule has 0 aliphatic carbocycles. The van der Waals surface area contributed by atoms with Gasteiger partial charge in [-0.1, -0.05) is 0 Å². The summed E-state index contributed by atoms with van der Waals surface area (Å²) in [5.41, 5.74) is 0.577. The van der Waals surface area contributed by atoms with Crippen molar-refractivity contribution in [3.8, 4) is 0 Å². The largest absolute Gasteiger partial charge is 0.453 e. The zero-order valence-electron chi connectivity index (χ0n) is 12.1. The standard InChI is InChI=1S/C12H16F3N5S/c1-7-5-8(16-6-11(2,3)21-4)20-10(17-7)18-9(19-20)12(13,14)15/h5,16H,6H2,1-4H3. The summed E-state index contributed by atoms with van der Waals surface area (Å²) in [6.45, 7) is 6.36. The van der Waals surface area contributed by atoms with Gasteiger partial charge in [0.05, 0.1) is 0 Å². The lowest BCUT2D eigenvalue weighted by Crippen LogP contribution is -2.26. The number of aryl methyl sites for hydroxylation is 1. The number of alkyl halides is 3. The maximum atomic E-state index is 12.7. The third-order valence-electron chi connectivity index (χ3n) is 2.94. The highest BCUT2D eigenvalue weighted by Gasteiger charge is 2.36. The van der Waals surface area contributed by atoms with E-state index in [9.17, 15) is 13.2 Å². The van der Waals surface area contributed by atoms with Crippen molar-refractivity contribution < 1.29 is 13.2 Å². The molecule has 116 valence electrons. The molecule has 0 radical (unpaired) electrons. The number of hydrogen-bond donors (Lipinski definition) is 1. The van der Waals surface area contributed by atoms with Gasteiger partial charge in [-0.05, 0) is 27.0 Å². The lowest BCUT2D eigenvalue weighted by Gasteiger charge is -2.23. The Bertz CT molecular complexity index is 650. The summed E-state index contributed by atoms with van der Waals surface area (Å²) in [4.78, 5) is 7.42. The van der Waals surface area contributed by atoms with Crippen molar-refractivity contribution in [1.29, 1.82) is 0 Å². The van der Waals surface area contributed by atoms with E-state index in [1.807, 2.05) is 20.1 Å². The molecule has 0 fully saturated rings. The predicted molar refractivity (Wildman–Crippen MR) is 76.6 cm³/mol. The van der Waals surface area contributed by atoms with Gasteiger partial charge in [0.25, 0.3) is 11.6 Å². The highest BCUT2D eigenvalue weighted by atomic mass is 32.2. The highest BCUT2D eigenvalue weighted by Crippen LogP contribution is 2.27. The van der Waals surface area contributed by atoms with E-state index in [0.29, 0.717) is 18.1 Å². The van der Waals surface area contributed by atoms with E-state index in [4.69, 9.17) is 0 Å². The van der Waals surface area contributed by atoms with Gasteiger partial charge < -0.3 is 5.32 Å². The molecule has 2 rings (SSSR count). The van der Waals surface area contributed by atoms with E-state index in [1.165, 1.54) is 0 Å². The fourth-order valence-electron chi connectivity index (χ4n) is 1.61. The summed E-state index contributed by atoms with van der Waals surface area (Å²) < 4.78 is 39.1. The van der Waals surface area contributed by atoms with Crippen molar-refractivity contribution in [2.24, 2.45) is 0 Å². The van der Waals surface area contributed by atoms with Gasteiger partial charge in [-0.15, -0.1) is 5.10 Å². The van der Waals surface area contributed by atoms with E-state index >= 15 is 0 Å². The Morgan fingerprint density at radius 3 is 2.52 bits per heavy atom. The number of hydrogen-bond acceptors (Lipinski definition) is 5. The summed E-state index contributed by atoms with van der Waals surface area (Å²) in [5.74, 6) is -0.804. The number of aromatic nitrogens is 4. The zero-order valence-corrected chi connectivity index (χ0v) is 12.9. The molecule has 2 heterocycles. The van der Waals surface area contributed by atoms with Gasteiger partial charge in [-0.2, -0.15) is 34.4 Å². The van der Waals surface area contributed by atoms with Crippen LogP contribution in [-0.2, 0) is 6.18 Å². The zero-order chi connectivity index (χ0) is 15.8. The molecule has 2 aromatic rings. The molecule has 0 aromatic carbocycles. The maximum absolute atomic E-state index is 12.7. The Kier molecular flexibility index (Phi) is 4.05. The maximum Gasteiger partial charge on any atom is 0.453 e. The second-order valence-electron chi connectivity index (χ2n) is 5.25. The molecule has 0 spiro atoms. The van der Waals surface area contributed by atoms with Crippen LogP contribution in [0, 0.1) is 6.92 Å². The molecular formula is C12H16F3N5S. The van der Waals surface area contributed by atoms with E-state index in [0.717, 1.165) is 4.52 Å². The molecule has 2 aromatic heterocycles. The van der Waals surface area contributed by atoms with Crippen LogP contribution in [-0.4, -0.2) is 37.1 Å². The topological polar surface area (TPSA) is 55.1 Å². The van der Waals surface area contributed by atoms with Crippen molar-refractivity contribution in [2.45, 2.75) is 31.7 Å². The predicted octanol–water partition coefficient (Wildman–Crippen LogP) is 3.01. The van der Waals surface area contributed by atoms with Crippen LogP contribution in [0.3, 0.4) is 0 Å². The Hall–Kier alpha value is -1.51. The Morgan fingerprint density at radius 2 is 1.95 bits per heavy atom. The smallest absolute Gasteiger partial charge is 0.368 e. The van der Waals surface area contributed by atoms with Crippen LogP contribution in [0.5, 0.6) is 0 Å². The van der Waals surface area contributed by atoms with Crippen LogP contribution in [0.15, 0.2) is 6.07 Å².